The van der Waals surface area contributed by atoms with Crippen LogP contribution in [0.4, 0.5) is 11.4 Å². The van der Waals surface area contributed by atoms with Crippen LogP contribution in [0.15, 0.2) is 58.1 Å². The van der Waals surface area contributed by atoms with Gasteiger partial charge in [-0.3, -0.25) is 9.59 Å². The lowest BCUT2D eigenvalue weighted by atomic mass is 9.95. The molecule has 0 atom stereocenters. The average Bonchev–Trinajstić information content (AvgIpc) is 2.71. The number of anilines is 2. The van der Waals surface area contributed by atoms with Gasteiger partial charge in [0.2, 0.25) is 0 Å². The number of nitrogens with one attached hydrogen (secondary N) is 3. The highest BCUT2D eigenvalue weighted by molar-refractivity contribution is 9.10. The Morgan fingerprint density at radius 2 is 1.75 bits per heavy atom. The normalized spacial score (nSPS) is 14.6. The van der Waals surface area contributed by atoms with Gasteiger partial charge in [-0.2, -0.15) is 5.10 Å². The highest BCUT2D eigenvalue weighted by atomic mass is 79.9. The van der Waals surface area contributed by atoms with Crippen molar-refractivity contribution in [2.75, 3.05) is 5.32 Å². The van der Waals surface area contributed by atoms with E-state index in [1.807, 2.05) is 48.5 Å². The molecule has 1 aliphatic rings. The molecule has 0 heterocycles. The number of para-hydroxylation sites is 1. The highest BCUT2D eigenvalue weighted by Gasteiger charge is 2.19. The third-order valence-corrected chi connectivity index (χ3v) is 5.08. The van der Waals surface area contributed by atoms with E-state index in [0.29, 0.717) is 0 Å². The van der Waals surface area contributed by atoms with Gasteiger partial charge in [-0.1, -0.05) is 53.4 Å². The Morgan fingerprint density at radius 3 is 2.50 bits per heavy atom. The molecule has 1 fully saturated rings. The molecule has 7 heteroatoms. The van der Waals surface area contributed by atoms with Crippen LogP contribution in [0.3, 0.4) is 0 Å². The zero-order valence-electron chi connectivity index (χ0n) is 15.5. The summed E-state index contributed by atoms with van der Waals surface area (Å²) in [6.07, 6.45) is 6.73. The summed E-state index contributed by atoms with van der Waals surface area (Å²) in [5, 5.41) is 10.0. The monoisotopic (exact) mass is 442 g/mol. The van der Waals surface area contributed by atoms with Crippen LogP contribution in [0.1, 0.15) is 37.7 Å². The first-order chi connectivity index (χ1) is 13.6. The summed E-state index contributed by atoms with van der Waals surface area (Å²) in [6.45, 7) is 0. The minimum absolute atomic E-state index is 0.0859. The standard InChI is InChI=1S/C21H23BrN4O2/c22-16-11-12-19(24-17-7-3-1-4-8-17)15(13-16)14-23-26-21(28)20(27)25-18-9-5-2-6-10-18/h1,3-4,7-8,11-14,18,24H,2,5-6,9-10H2,(H,25,27)(H,26,28)/b23-14-. The summed E-state index contributed by atoms with van der Waals surface area (Å²) in [6, 6.07) is 15.5. The number of rotatable bonds is 5. The lowest BCUT2D eigenvalue weighted by Crippen LogP contribution is -2.44. The maximum atomic E-state index is 12.0. The maximum Gasteiger partial charge on any atom is 0.329 e. The predicted molar refractivity (Wildman–Crippen MR) is 115 cm³/mol. The summed E-state index contributed by atoms with van der Waals surface area (Å²) < 4.78 is 0.883. The summed E-state index contributed by atoms with van der Waals surface area (Å²) >= 11 is 3.44. The zero-order valence-corrected chi connectivity index (χ0v) is 17.0. The first-order valence-electron chi connectivity index (χ1n) is 9.37. The van der Waals surface area contributed by atoms with Crippen molar-refractivity contribution in [3.8, 4) is 0 Å². The van der Waals surface area contributed by atoms with Crippen molar-refractivity contribution in [2.24, 2.45) is 5.10 Å². The number of hydrogen-bond acceptors (Lipinski definition) is 4. The third kappa shape index (κ3) is 5.92. The van der Waals surface area contributed by atoms with Crippen LogP contribution < -0.4 is 16.1 Å². The van der Waals surface area contributed by atoms with Gasteiger partial charge in [0.05, 0.1) is 6.21 Å². The molecule has 1 saturated carbocycles. The van der Waals surface area contributed by atoms with E-state index >= 15 is 0 Å². The van der Waals surface area contributed by atoms with Crippen molar-refractivity contribution < 1.29 is 9.59 Å². The van der Waals surface area contributed by atoms with Gasteiger partial charge in [0, 0.05) is 27.5 Å². The van der Waals surface area contributed by atoms with E-state index in [1.165, 1.54) is 12.6 Å². The number of hydrazone groups is 1. The van der Waals surface area contributed by atoms with Crippen LogP contribution in [0, 0.1) is 0 Å². The van der Waals surface area contributed by atoms with E-state index in [2.05, 4.69) is 37.1 Å². The smallest absolute Gasteiger partial charge is 0.329 e. The fourth-order valence-corrected chi connectivity index (χ4v) is 3.52. The molecule has 3 N–H and O–H groups in total. The van der Waals surface area contributed by atoms with Crippen molar-refractivity contribution in [1.29, 1.82) is 0 Å². The van der Waals surface area contributed by atoms with Crippen LogP contribution >= 0.6 is 15.9 Å². The molecule has 6 nitrogen and oxygen atoms in total. The highest BCUT2D eigenvalue weighted by Crippen LogP contribution is 2.23. The molecule has 1 aliphatic carbocycles. The van der Waals surface area contributed by atoms with Gasteiger partial charge in [-0.15, -0.1) is 0 Å². The second-order valence-electron chi connectivity index (χ2n) is 6.73. The summed E-state index contributed by atoms with van der Waals surface area (Å²) in [4.78, 5) is 24.0. The van der Waals surface area contributed by atoms with E-state index in [-0.39, 0.29) is 6.04 Å². The molecular formula is C21H23BrN4O2. The summed E-state index contributed by atoms with van der Waals surface area (Å²) in [5.74, 6) is -1.39. The number of carbonyl (C=O) groups excluding carboxylic acids is 2. The molecule has 0 aromatic heterocycles. The number of hydrogen-bond donors (Lipinski definition) is 3. The molecule has 3 rings (SSSR count). The van der Waals surface area contributed by atoms with Crippen LogP contribution in [-0.4, -0.2) is 24.1 Å². The van der Waals surface area contributed by atoms with Gasteiger partial charge in [0.25, 0.3) is 0 Å². The van der Waals surface area contributed by atoms with Gasteiger partial charge < -0.3 is 10.6 Å². The number of nitrogens with zero attached hydrogens (tertiary/aromatic N) is 1. The van der Waals surface area contributed by atoms with Crippen molar-refractivity contribution in [2.45, 2.75) is 38.1 Å². The SMILES string of the molecule is O=C(N/N=C\c1cc(Br)ccc1Nc1ccccc1)C(=O)NC1CCCCC1. The molecule has 28 heavy (non-hydrogen) atoms. The van der Waals surface area contributed by atoms with Gasteiger partial charge in [0.1, 0.15) is 0 Å². The van der Waals surface area contributed by atoms with Crippen LogP contribution in [0.25, 0.3) is 0 Å². The number of halogens is 1. The lowest BCUT2D eigenvalue weighted by molar-refractivity contribution is -0.139. The Bertz CT molecular complexity index is 849. The van der Waals surface area contributed by atoms with Crippen LogP contribution in [0.5, 0.6) is 0 Å². The molecule has 0 bridgehead atoms. The molecule has 0 aliphatic heterocycles. The molecule has 2 amide bonds. The van der Waals surface area contributed by atoms with Crippen molar-refractivity contribution in [3.05, 3.63) is 58.6 Å². The molecule has 2 aromatic rings. The van der Waals surface area contributed by atoms with Crippen molar-refractivity contribution in [3.63, 3.8) is 0 Å². The van der Waals surface area contributed by atoms with E-state index in [4.69, 9.17) is 0 Å². The van der Waals surface area contributed by atoms with E-state index in [1.54, 1.807) is 0 Å². The fraction of sp³-hybridized carbons (Fsp3) is 0.286. The van der Waals surface area contributed by atoms with Gasteiger partial charge in [-0.05, 0) is 43.2 Å². The minimum Gasteiger partial charge on any atom is -0.355 e. The molecule has 0 radical (unpaired) electrons. The Labute approximate surface area is 172 Å². The van der Waals surface area contributed by atoms with Crippen molar-refractivity contribution in [1.82, 2.24) is 10.7 Å². The minimum atomic E-state index is -0.755. The Hall–Kier alpha value is -2.67. The first kappa shape index (κ1) is 20.1. The molecule has 0 spiro atoms. The Morgan fingerprint density at radius 1 is 1.00 bits per heavy atom. The van der Waals surface area contributed by atoms with Gasteiger partial charge in [-0.25, -0.2) is 5.43 Å². The molecule has 2 aromatic carbocycles. The predicted octanol–water partition coefficient (Wildman–Crippen LogP) is 4.09. The van der Waals surface area contributed by atoms with Crippen LogP contribution in [0.2, 0.25) is 0 Å². The number of amides is 2. The maximum absolute atomic E-state index is 12.0. The largest absolute Gasteiger partial charge is 0.355 e. The fourth-order valence-electron chi connectivity index (χ4n) is 3.14. The first-order valence-corrected chi connectivity index (χ1v) is 10.2. The topological polar surface area (TPSA) is 82.6 Å². The van der Waals surface area contributed by atoms with Crippen LogP contribution in [-0.2, 0) is 9.59 Å². The lowest BCUT2D eigenvalue weighted by Gasteiger charge is -2.22. The Balaban J connectivity index is 1.60. The molecule has 0 unspecified atom stereocenters. The van der Waals surface area contributed by atoms with E-state index in [9.17, 15) is 9.59 Å². The average molecular weight is 443 g/mol. The second-order valence-corrected chi connectivity index (χ2v) is 7.65. The summed E-state index contributed by atoms with van der Waals surface area (Å²) in [7, 11) is 0. The van der Waals surface area contributed by atoms with Crippen molar-refractivity contribution >= 4 is 45.3 Å². The van der Waals surface area contributed by atoms with Gasteiger partial charge >= 0.3 is 11.8 Å². The molecule has 146 valence electrons. The zero-order chi connectivity index (χ0) is 19.8. The third-order valence-electron chi connectivity index (χ3n) is 4.58. The number of carbonyl (C=O) groups is 2. The number of benzene rings is 2. The van der Waals surface area contributed by atoms with Gasteiger partial charge in [0.15, 0.2) is 0 Å². The Kier molecular flexibility index (Phi) is 7.19. The summed E-state index contributed by atoms with van der Waals surface area (Å²) in [5.41, 5.74) is 4.85. The quantitative estimate of drug-likeness (QED) is 0.370. The van der Waals surface area contributed by atoms with E-state index in [0.717, 1.165) is 47.1 Å². The van der Waals surface area contributed by atoms with E-state index < -0.39 is 11.8 Å². The molecule has 0 saturated heterocycles. The molecular weight excluding hydrogens is 420 g/mol. The second kappa shape index (κ2) is 10.0.